The van der Waals surface area contributed by atoms with Gasteiger partial charge < -0.3 is 29.6 Å². The van der Waals surface area contributed by atoms with Crippen molar-refractivity contribution < 1.29 is 36.0 Å². The molecule has 0 bridgehead atoms. The molecule has 0 amide bonds. The summed E-state index contributed by atoms with van der Waals surface area (Å²) >= 11 is -1.68. The Balaban J connectivity index is 2.05. The summed E-state index contributed by atoms with van der Waals surface area (Å²) in [6, 6.07) is 5.04. The van der Waals surface area contributed by atoms with Gasteiger partial charge in [0.2, 0.25) is 0 Å². The molecule has 1 fully saturated rings. The first kappa shape index (κ1) is 38.1. The van der Waals surface area contributed by atoms with Crippen LogP contribution in [0.1, 0.15) is 70.9 Å². The van der Waals surface area contributed by atoms with Crippen molar-refractivity contribution in [2.24, 2.45) is 11.7 Å². The summed E-state index contributed by atoms with van der Waals surface area (Å²) in [7, 11) is -1.41. The molecular formula is C30H50F5N5O3SSi. The van der Waals surface area contributed by atoms with Gasteiger partial charge in [0.15, 0.2) is 5.60 Å². The third-order valence-electron chi connectivity index (χ3n) is 7.76. The largest absolute Gasteiger partial charge is 0.598 e. The quantitative estimate of drug-likeness (QED) is 0.0763. The Morgan fingerprint density at radius 2 is 1.76 bits per heavy atom. The van der Waals surface area contributed by atoms with Crippen LogP contribution in [0, 0.1) is 5.92 Å². The molecular weight excluding hydrogens is 634 g/mol. The first-order valence-electron chi connectivity index (χ1n) is 15.3. The third-order valence-corrected chi connectivity index (χ3v) is 11.1. The van der Waals surface area contributed by atoms with Crippen molar-refractivity contribution in [3.8, 4) is 0 Å². The van der Waals surface area contributed by atoms with Gasteiger partial charge in [-0.25, -0.2) is 13.8 Å². The molecule has 3 rings (SSSR count). The lowest BCUT2D eigenvalue weighted by molar-refractivity contribution is -0.265. The summed E-state index contributed by atoms with van der Waals surface area (Å²) in [5.41, 5.74) is 4.70. The number of alkyl halides is 5. The lowest BCUT2D eigenvalue weighted by Gasteiger charge is -2.32. The monoisotopic (exact) mass is 683 g/mol. The molecule has 1 aliphatic rings. The average molecular weight is 684 g/mol. The molecule has 1 heterocycles. The number of nitrogens with zero attached hydrogens (tertiary/aromatic N) is 2. The molecule has 1 aromatic heterocycles. The van der Waals surface area contributed by atoms with Gasteiger partial charge in [-0.05, 0) is 77.1 Å². The van der Waals surface area contributed by atoms with E-state index < -0.39 is 67.6 Å². The fraction of sp³-hybridized carbons (Fsp3) is 0.767. The summed E-state index contributed by atoms with van der Waals surface area (Å²) in [5, 5.41) is 2.98. The molecule has 1 saturated carbocycles. The molecule has 0 radical (unpaired) electrons. The molecule has 45 heavy (non-hydrogen) atoms. The Hall–Kier alpha value is -1.33. The van der Waals surface area contributed by atoms with E-state index >= 15 is 0 Å². The number of ether oxygens (including phenoxy) is 2. The van der Waals surface area contributed by atoms with Gasteiger partial charge in [-0.15, -0.1) is 4.72 Å². The van der Waals surface area contributed by atoms with E-state index in [1.807, 2.05) is 18.2 Å². The maximum Gasteiger partial charge on any atom is 0.416 e. The van der Waals surface area contributed by atoms with Crippen LogP contribution in [0.4, 0.5) is 22.0 Å². The van der Waals surface area contributed by atoms with Crippen LogP contribution in [0.15, 0.2) is 18.2 Å². The molecule has 15 heteroatoms. The zero-order valence-corrected chi connectivity index (χ0v) is 29.4. The van der Waals surface area contributed by atoms with Gasteiger partial charge in [0.1, 0.15) is 23.3 Å². The van der Waals surface area contributed by atoms with Crippen LogP contribution >= 0.6 is 0 Å². The highest BCUT2D eigenvalue weighted by Crippen LogP contribution is 2.42. The van der Waals surface area contributed by atoms with Gasteiger partial charge in [-0.1, -0.05) is 25.7 Å². The second-order valence-electron chi connectivity index (χ2n) is 14.6. The molecule has 4 N–H and O–H groups in total. The number of imidazole rings is 1. The van der Waals surface area contributed by atoms with Crippen LogP contribution in [0.5, 0.6) is 0 Å². The van der Waals surface area contributed by atoms with E-state index in [1.165, 1.54) is 0 Å². The summed E-state index contributed by atoms with van der Waals surface area (Å²) in [6.07, 6.45) is -2.85. The molecule has 0 spiro atoms. The number of nitrogens with two attached hydrogens (primary N) is 1. The first-order chi connectivity index (χ1) is 20.5. The van der Waals surface area contributed by atoms with Crippen molar-refractivity contribution in [3.05, 3.63) is 29.6 Å². The highest BCUT2D eigenvalue weighted by Gasteiger charge is 2.49. The number of fused-ring (bicyclic) bond motifs is 1. The summed E-state index contributed by atoms with van der Waals surface area (Å²) in [5.74, 6) is -2.56. The predicted octanol–water partition coefficient (Wildman–Crippen LogP) is 6.43. The van der Waals surface area contributed by atoms with Crippen molar-refractivity contribution in [2.45, 2.75) is 114 Å². The predicted molar refractivity (Wildman–Crippen MR) is 171 cm³/mol. The van der Waals surface area contributed by atoms with E-state index in [0.29, 0.717) is 23.5 Å². The number of rotatable bonds is 17. The SMILES string of the molecule is CC(C)(C)[S+]([O-])N[C@@H](COC(C)(C)C(F)(F)F)c1nc2cc([C@H](NCC(F)(F)CN)C3CC3)ccc2n1COCC[Si](C)(C)C. The van der Waals surface area contributed by atoms with Gasteiger partial charge in [-0.2, -0.15) is 13.2 Å². The lowest BCUT2D eigenvalue weighted by atomic mass is 10.0. The minimum absolute atomic E-state index is 0.0612. The van der Waals surface area contributed by atoms with E-state index in [-0.39, 0.29) is 18.7 Å². The van der Waals surface area contributed by atoms with Crippen molar-refractivity contribution in [1.29, 1.82) is 0 Å². The number of benzene rings is 1. The topological polar surface area (TPSA) is 109 Å². The van der Waals surface area contributed by atoms with Crippen molar-refractivity contribution in [3.63, 3.8) is 0 Å². The van der Waals surface area contributed by atoms with E-state index in [2.05, 4.69) is 29.7 Å². The number of aromatic nitrogens is 2. The van der Waals surface area contributed by atoms with Crippen LogP contribution in [0.25, 0.3) is 11.0 Å². The highest BCUT2D eigenvalue weighted by atomic mass is 32.2. The average Bonchev–Trinajstić information content (AvgIpc) is 3.68. The standard InChI is InChI=1S/C30H50F5N5O3SSi/c1-27(2,3)44(41)39-23(16-43-28(4,5)30(33,34)35)26-38-22-15-21(25(20-9-10-20)37-18-29(31,32)17-36)11-12-24(22)40(26)19-42-13-14-45(6,7)8/h11-12,15,20,23,25,37,39H,9-10,13-14,16-19,36H2,1-8H3/t23-,25+,44?/m0/s1. The number of halogens is 5. The zero-order chi connectivity index (χ0) is 34.0. The second-order valence-corrected chi connectivity index (χ2v) is 22.2. The molecule has 258 valence electrons. The molecule has 0 aliphatic heterocycles. The lowest BCUT2D eigenvalue weighted by Crippen LogP contribution is -2.47. The zero-order valence-electron chi connectivity index (χ0n) is 27.6. The van der Waals surface area contributed by atoms with Crippen molar-refractivity contribution >= 4 is 30.5 Å². The summed E-state index contributed by atoms with van der Waals surface area (Å²) in [4.78, 5) is 4.82. The Labute approximate surface area is 267 Å². The molecule has 8 nitrogen and oxygen atoms in total. The minimum Gasteiger partial charge on any atom is -0.598 e. The fourth-order valence-corrected chi connectivity index (χ4v) is 6.00. The van der Waals surface area contributed by atoms with Crippen molar-refractivity contribution in [1.82, 2.24) is 19.6 Å². The second kappa shape index (κ2) is 14.4. The smallest absolute Gasteiger partial charge is 0.416 e. The Morgan fingerprint density at radius 1 is 1.11 bits per heavy atom. The summed E-state index contributed by atoms with van der Waals surface area (Å²) in [6.45, 7) is 12.6. The minimum atomic E-state index is -4.64. The van der Waals surface area contributed by atoms with Crippen LogP contribution in [-0.2, 0) is 27.6 Å². The van der Waals surface area contributed by atoms with E-state index in [0.717, 1.165) is 38.3 Å². The maximum absolute atomic E-state index is 14.0. The highest BCUT2D eigenvalue weighted by molar-refractivity contribution is 7.90. The summed E-state index contributed by atoms with van der Waals surface area (Å²) < 4.78 is 98.0. The normalized spacial score (nSPS) is 17.6. The molecule has 1 unspecified atom stereocenters. The molecule has 3 atom stereocenters. The van der Waals surface area contributed by atoms with Crippen molar-refractivity contribution in [2.75, 3.05) is 26.3 Å². The van der Waals surface area contributed by atoms with Gasteiger partial charge >= 0.3 is 6.18 Å². The van der Waals surface area contributed by atoms with Gasteiger partial charge in [0, 0.05) is 32.1 Å². The van der Waals surface area contributed by atoms with E-state index in [4.69, 9.17) is 20.2 Å². The number of nitrogens with one attached hydrogen (secondary N) is 2. The van der Waals surface area contributed by atoms with Gasteiger partial charge in [0.25, 0.3) is 5.92 Å². The first-order valence-corrected chi connectivity index (χ1v) is 20.2. The molecule has 1 aliphatic carbocycles. The molecule has 2 aromatic rings. The van der Waals surface area contributed by atoms with E-state index in [9.17, 15) is 26.5 Å². The van der Waals surface area contributed by atoms with E-state index in [1.54, 1.807) is 25.3 Å². The molecule has 1 aromatic carbocycles. The Bertz CT molecular complexity index is 1260. The van der Waals surface area contributed by atoms with Crippen LogP contribution in [-0.4, -0.2) is 70.9 Å². The van der Waals surface area contributed by atoms with Gasteiger partial charge in [-0.3, -0.25) is 0 Å². The van der Waals surface area contributed by atoms with Crippen LogP contribution < -0.4 is 15.8 Å². The van der Waals surface area contributed by atoms with Crippen LogP contribution in [0.2, 0.25) is 25.7 Å². The number of hydrogen-bond acceptors (Lipinski definition) is 7. The fourth-order valence-electron chi connectivity index (χ4n) is 4.45. The molecule has 0 saturated heterocycles. The van der Waals surface area contributed by atoms with Gasteiger partial charge in [0.05, 0.1) is 30.7 Å². The Morgan fingerprint density at radius 3 is 2.29 bits per heavy atom. The van der Waals surface area contributed by atoms with Crippen LogP contribution in [0.3, 0.4) is 0 Å². The third kappa shape index (κ3) is 10.8. The maximum atomic E-state index is 14.0. The Kier molecular flexibility index (Phi) is 12.2. The number of hydrogen-bond donors (Lipinski definition) is 3.